The minimum atomic E-state index is -4.51. The van der Waals surface area contributed by atoms with Gasteiger partial charge in [0.1, 0.15) is 6.54 Å². The highest BCUT2D eigenvalue weighted by molar-refractivity contribution is 7.14. The molecule has 3 aromatic rings. The van der Waals surface area contributed by atoms with Crippen LogP contribution in [0.3, 0.4) is 0 Å². The Bertz CT molecular complexity index is 1050. The second kappa shape index (κ2) is 6.73. The molecule has 148 valence electrons. The highest BCUT2D eigenvalue weighted by Gasteiger charge is 2.40. The highest BCUT2D eigenvalue weighted by Crippen LogP contribution is 2.36. The van der Waals surface area contributed by atoms with Crippen LogP contribution < -0.4 is 5.32 Å². The van der Waals surface area contributed by atoms with E-state index in [4.69, 9.17) is 0 Å². The smallest absolute Gasteiger partial charge is 0.300 e. The van der Waals surface area contributed by atoms with Gasteiger partial charge < -0.3 is 5.32 Å². The summed E-state index contributed by atoms with van der Waals surface area (Å²) in [5.41, 5.74) is 2.19. The third kappa shape index (κ3) is 3.41. The first-order chi connectivity index (χ1) is 13.2. The van der Waals surface area contributed by atoms with Crippen molar-refractivity contribution in [2.24, 2.45) is 7.05 Å². The topological polar surface area (TPSA) is 77.6 Å². The Morgan fingerprint density at radius 1 is 1.32 bits per heavy atom. The van der Waals surface area contributed by atoms with Crippen LogP contribution in [-0.2, 0) is 37.4 Å². The van der Waals surface area contributed by atoms with E-state index in [0.29, 0.717) is 35.8 Å². The first-order valence-corrected chi connectivity index (χ1v) is 9.52. The molecule has 0 bridgehead atoms. The summed E-state index contributed by atoms with van der Waals surface area (Å²) in [7, 11) is 1.81. The molecular formula is C17H17F3N6OS. The molecule has 7 nitrogen and oxygen atoms in total. The lowest BCUT2D eigenvalue weighted by atomic mass is 10.2. The summed E-state index contributed by atoms with van der Waals surface area (Å²) in [5.74, 6) is -0.463. The van der Waals surface area contributed by atoms with Crippen LogP contribution in [0.1, 0.15) is 29.1 Å². The van der Waals surface area contributed by atoms with E-state index in [0.717, 1.165) is 11.3 Å². The average Bonchev–Trinajstić information content (AvgIpc) is 3.32. The van der Waals surface area contributed by atoms with Crippen LogP contribution in [0.4, 0.5) is 18.3 Å². The Labute approximate surface area is 162 Å². The van der Waals surface area contributed by atoms with Crippen LogP contribution >= 0.6 is 11.3 Å². The molecule has 0 saturated carbocycles. The Morgan fingerprint density at radius 3 is 2.79 bits per heavy atom. The van der Waals surface area contributed by atoms with E-state index in [1.54, 1.807) is 10.1 Å². The minimum Gasteiger partial charge on any atom is -0.300 e. The number of carbonyl (C=O) groups excluding carboxylic acids is 1. The number of hydrogen-bond acceptors (Lipinski definition) is 5. The van der Waals surface area contributed by atoms with Crippen molar-refractivity contribution < 1.29 is 18.0 Å². The van der Waals surface area contributed by atoms with Crippen molar-refractivity contribution in [3.05, 3.63) is 34.2 Å². The van der Waals surface area contributed by atoms with E-state index in [-0.39, 0.29) is 12.1 Å². The molecule has 0 fully saturated rings. The summed E-state index contributed by atoms with van der Waals surface area (Å²) in [4.78, 5) is 16.7. The number of nitrogens with one attached hydrogen (secondary N) is 1. The average molecular weight is 410 g/mol. The van der Waals surface area contributed by atoms with Crippen molar-refractivity contribution in [3.8, 4) is 11.3 Å². The van der Waals surface area contributed by atoms with E-state index in [1.165, 1.54) is 16.0 Å². The van der Waals surface area contributed by atoms with Crippen LogP contribution in [0.2, 0.25) is 0 Å². The number of alkyl halides is 3. The minimum absolute atomic E-state index is 0.212. The van der Waals surface area contributed by atoms with Gasteiger partial charge in [0, 0.05) is 35.4 Å². The van der Waals surface area contributed by atoms with Gasteiger partial charge in [0.05, 0.1) is 11.4 Å². The number of aromatic nitrogens is 5. The van der Waals surface area contributed by atoms with E-state index in [1.807, 2.05) is 20.2 Å². The van der Waals surface area contributed by atoms with E-state index < -0.39 is 17.8 Å². The molecule has 11 heteroatoms. The molecule has 3 heterocycles. The van der Waals surface area contributed by atoms with Crippen molar-refractivity contribution in [1.82, 2.24) is 24.5 Å². The SMILES string of the molecule is Cc1nn(C)cc1-c1csc(NC(=O)Cn2nc(C(F)(F)F)c3c2CCC3)n1. The van der Waals surface area contributed by atoms with Gasteiger partial charge in [-0.05, 0) is 26.2 Å². The van der Waals surface area contributed by atoms with Crippen molar-refractivity contribution in [1.29, 1.82) is 0 Å². The molecule has 1 aliphatic carbocycles. The molecule has 0 unspecified atom stereocenters. The molecule has 0 saturated heterocycles. The number of nitrogens with zero attached hydrogens (tertiary/aromatic N) is 5. The van der Waals surface area contributed by atoms with Crippen molar-refractivity contribution >= 4 is 22.4 Å². The Hall–Kier alpha value is -2.69. The molecule has 0 aromatic carbocycles. The molecule has 0 atom stereocenters. The van der Waals surface area contributed by atoms with Gasteiger partial charge in [-0.15, -0.1) is 11.3 Å². The lowest BCUT2D eigenvalue weighted by Crippen LogP contribution is -2.21. The summed E-state index contributed by atoms with van der Waals surface area (Å²) in [5, 5.41) is 12.7. The van der Waals surface area contributed by atoms with E-state index >= 15 is 0 Å². The molecule has 0 spiro atoms. The standard InChI is InChI=1S/C17H17F3N6OS/c1-9-11(6-25(2)23-9)12-8-28-16(21-12)22-14(27)7-26-13-5-3-4-10(13)15(24-26)17(18,19)20/h6,8H,3-5,7H2,1-2H3,(H,21,22,27). The molecule has 1 amide bonds. The fraction of sp³-hybridized carbons (Fsp3) is 0.412. The quantitative estimate of drug-likeness (QED) is 0.717. The molecule has 0 aliphatic heterocycles. The molecule has 1 N–H and O–H groups in total. The fourth-order valence-electron chi connectivity index (χ4n) is 3.47. The van der Waals surface area contributed by atoms with Gasteiger partial charge in [0.2, 0.25) is 5.91 Å². The predicted octanol–water partition coefficient (Wildman–Crippen LogP) is 3.19. The summed E-state index contributed by atoms with van der Waals surface area (Å²) >= 11 is 1.25. The van der Waals surface area contributed by atoms with Crippen LogP contribution in [0.25, 0.3) is 11.3 Å². The highest BCUT2D eigenvalue weighted by atomic mass is 32.1. The van der Waals surface area contributed by atoms with Gasteiger partial charge in [-0.2, -0.15) is 23.4 Å². The summed E-state index contributed by atoms with van der Waals surface area (Å²) in [6.07, 6.45) is -1.21. The third-order valence-corrected chi connectivity index (χ3v) is 5.37. The molecular weight excluding hydrogens is 393 g/mol. The number of hydrogen-bond donors (Lipinski definition) is 1. The Kier molecular flexibility index (Phi) is 4.48. The molecule has 0 radical (unpaired) electrons. The third-order valence-electron chi connectivity index (χ3n) is 4.61. The lowest BCUT2D eigenvalue weighted by Gasteiger charge is -2.06. The van der Waals surface area contributed by atoms with Crippen molar-refractivity contribution in [2.75, 3.05) is 5.32 Å². The number of anilines is 1. The first kappa shape index (κ1) is 18.7. The van der Waals surface area contributed by atoms with Crippen molar-refractivity contribution in [2.45, 2.75) is 38.9 Å². The van der Waals surface area contributed by atoms with Crippen molar-refractivity contribution in [3.63, 3.8) is 0 Å². The summed E-state index contributed by atoms with van der Waals surface area (Å²) < 4.78 is 42.3. The van der Waals surface area contributed by atoms with Gasteiger partial charge in [-0.3, -0.25) is 14.2 Å². The second-order valence-electron chi connectivity index (χ2n) is 6.67. The number of thiazole rings is 1. The van der Waals surface area contributed by atoms with Gasteiger partial charge in [0.25, 0.3) is 0 Å². The first-order valence-electron chi connectivity index (χ1n) is 8.64. The molecule has 3 aromatic heterocycles. The maximum absolute atomic E-state index is 13.1. The zero-order valence-corrected chi connectivity index (χ0v) is 16.0. The van der Waals surface area contributed by atoms with Gasteiger partial charge in [-0.1, -0.05) is 0 Å². The summed E-state index contributed by atoms with van der Waals surface area (Å²) in [6, 6.07) is 0. The van der Waals surface area contributed by atoms with Gasteiger partial charge in [-0.25, -0.2) is 4.98 Å². The Morgan fingerprint density at radius 2 is 2.11 bits per heavy atom. The molecule has 4 rings (SSSR count). The maximum Gasteiger partial charge on any atom is 0.435 e. The summed E-state index contributed by atoms with van der Waals surface area (Å²) in [6.45, 7) is 1.59. The largest absolute Gasteiger partial charge is 0.435 e. The number of amides is 1. The molecule has 1 aliphatic rings. The number of aryl methyl sites for hydroxylation is 2. The zero-order valence-electron chi connectivity index (χ0n) is 15.2. The van der Waals surface area contributed by atoms with E-state index in [9.17, 15) is 18.0 Å². The van der Waals surface area contributed by atoms with Crippen LogP contribution in [0.5, 0.6) is 0 Å². The van der Waals surface area contributed by atoms with Crippen LogP contribution in [0, 0.1) is 6.92 Å². The van der Waals surface area contributed by atoms with Gasteiger partial charge >= 0.3 is 6.18 Å². The monoisotopic (exact) mass is 410 g/mol. The van der Waals surface area contributed by atoms with Gasteiger partial charge in [0.15, 0.2) is 10.8 Å². The second-order valence-corrected chi connectivity index (χ2v) is 7.53. The molecule has 28 heavy (non-hydrogen) atoms. The number of halogens is 3. The predicted molar refractivity (Wildman–Crippen MR) is 96.9 cm³/mol. The van der Waals surface area contributed by atoms with Crippen LogP contribution in [0.15, 0.2) is 11.6 Å². The lowest BCUT2D eigenvalue weighted by molar-refractivity contribution is -0.142. The normalized spacial score (nSPS) is 13.8. The fourth-order valence-corrected chi connectivity index (χ4v) is 4.20. The maximum atomic E-state index is 13.1. The van der Waals surface area contributed by atoms with Crippen LogP contribution in [-0.4, -0.2) is 30.5 Å². The number of carbonyl (C=O) groups is 1. The zero-order chi connectivity index (χ0) is 20.1. The number of rotatable bonds is 4. The number of fused-ring (bicyclic) bond motifs is 1. The van der Waals surface area contributed by atoms with E-state index in [2.05, 4.69) is 20.5 Å². The Balaban J connectivity index is 1.50.